The fraction of sp³-hybridized carbons (Fsp3) is 0.647. The van der Waals surface area contributed by atoms with Crippen LogP contribution in [-0.2, 0) is 0 Å². The first-order valence-corrected chi connectivity index (χ1v) is 7.51. The van der Waals surface area contributed by atoms with Crippen molar-refractivity contribution in [2.24, 2.45) is 17.8 Å². The molecule has 1 aromatic carbocycles. The fourth-order valence-electron chi connectivity index (χ4n) is 4.42. The van der Waals surface area contributed by atoms with E-state index in [2.05, 4.69) is 13.0 Å². The molecule has 98 valence electrons. The molecule has 0 N–H and O–H groups in total. The number of benzene rings is 1. The second kappa shape index (κ2) is 5.03. The molecule has 0 spiro atoms. The van der Waals surface area contributed by atoms with E-state index in [0.717, 1.165) is 17.8 Å². The Morgan fingerprint density at radius 2 is 1.83 bits per heavy atom. The molecule has 0 nitrogen and oxygen atoms in total. The van der Waals surface area contributed by atoms with E-state index in [4.69, 9.17) is 0 Å². The van der Waals surface area contributed by atoms with E-state index >= 15 is 0 Å². The van der Waals surface area contributed by atoms with E-state index in [1.165, 1.54) is 44.1 Å². The van der Waals surface area contributed by atoms with Gasteiger partial charge >= 0.3 is 0 Å². The summed E-state index contributed by atoms with van der Waals surface area (Å²) in [4.78, 5) is 0. The quantitative estimate of drug-likeness (QED) is 0.692. The van der Waals surface area contributed by atoms with Gasteiger partial charge in [0.25, 0.3) is 0 Å². The number of fused-ring (bicyclic) bond motifs is 1. The van der Waals surface area contributed by atoms with Crippen molar-refractivity contribution in [2.45, 2.75) is 51.4 Å². The number of rotatable bonds is 3. The van der Waals surface area contributed by atoms with E-state index in [9.17, 15) is 4.39 Å². The van der Waals surface area contributed by atoms with Gasteiger partial charge in [0.2, 0.25) is 0 Å². The molecular weight excluding hydrogens is 223 g/mol. The van der Waals surface area contributed by atoms with Crippen LogP contribution in [0.25, 0.3) is 0 Å². The third-order valence-electron chi connectivity index (χ3n) is 5.13. The molecule has 2 unspecified atom stereocenters. The summed E-state index contributed by atoms with van der Waals surface area (Å²) in [6.07, 6.45) is 8.21. The van der Waals surface area contributed by atoms with Crippen molar-refractivity contribution in [3.05, 3.63) is 35.6 Å². The lowest BCUT2D eigenvalue weighted by molar-refractivity contribution is 0.439. The smallest absolute Gasteiger partial charge is 0.123 e. The summed E-state index contributed by atoms with van der Waals surface area (Å²) in [7, 11) is 0. The lowest BCUT2D eigenvalue weighted by Gasteiger charge is -2.14. The summed E-state index contributed by atoms with van der Waals surface area (Å²) in [5, 5.41) is 0. The van der Waals surface area contributed by atoms with E-state index in [1.807, 2.05) is 6.07 Å². The van der Waals surface area contributed by atoms with Crippen LogP contribution in [0.1, 0.15) is 56.9 Å². The molecular formula is C17H23F. The van der Waals surface area contributed by atoms with Crippen LogP contribution < -0.4 is 0 Å². The minimum absolute atomic E-state index is 0.0755. The van der Waals surface area contributed by atoms with E-state index in [0.29, 0.717) is 5.92 Å². The Hall–Kier alpha value is -0.850. The molecule has 0 bridgehead atoms. The highest BCUT2D eigenvalue weighted by molar-refractivity contribution is 5.22. The van der Waals surface area contributed by atoms with Gasteiger partial charge in [-0.1, -0.05) is 31.9 Å². The zero-order valence-corrected chi connectivity index (χ0v) is 11.2. The number of halogens is 1. The Bertz CT molecular complexity index is 398. The van der Waals surface area contributed by atoms with Crippen molar-refractivity contribution in [1.29, 1.82) is 0 Å². The topological polar surface area (TPSA) is 0 Å². The molecule has 18 heavy (non-hydrogen) atoms. The third-order valence-corrected chi connectivity index (χ3v) is 5.13. The highest BCUT2D eigenvalue weighted by Gasteiger charge is 2.41. The number of hydrogen-bond acceptors (Lipinski definition) is 0. The largest absolute Gasteiger partial charge is 0.207 e. The van der Waals surface area contributed by atoms with Gasteiger partial charge in [-0.3, -0.25) is 0 Å². The monoisotopic (exact) mass is 246 g/mol. The molecule has 1 aromatic rings. The van der Waals surface area contributed by atoms with Crippen molar-refractivity contribution in [3.8, 4) is 0 Å². The lowest BCUT2D eigenvalue weighted by atomic mass is 9.91. The zero-order chi connectivity index (χ0) is 12.5. The van der Waals surface area contributed by atoms with Crippen LogP contribution in [0.4, 0.5) is 4.39 Å². The Morgan fingerprint density at radius 3 is 2.44 bits per heavy atom. The second-order valence-corrected chi connectivity index (χ2v) is 6.37. The Kier molecular flexibility index (Phi) is 3.41. The van der Waals surface area contributed by atoms with E-state index < -0.39 is 0 Å². The van der Waals surface area contributed by atoms with Crippen LogP contribution in [0.15, 0.2) is 24.3 Å². The summed E-state index contributed by atoms with van der Waals surface area (Å²) >= 11 is 0. The van der Waals surface area contributed by atoms with Gasteiger partial charge in [-0.25, -0.2) is 4.39 Å². The molecule has 2 atom stereocenters. The SMILES string of the molecule is CCCC1CC2CC(c3cccc(F)c3)CC2C1. The maximum absolute atomic E-state index is 13.3. The van der Waals surface area contributed by atoms with Gasteiger partial charge in [-0.2, -0.15) is 0 Å². The van der Waals surface area contributed by atoms with Crippen LogP contribution in [0.5, 0.6) is 0 Å². The zero-order valence-electron chi connectivity index (χ0n) is 11.2. The molecule has 0 amide bonds. The highest BCUT2D eigenvalue weighted by atomic mass is 19.1. The Balaban J connectivity index is 1.65. The molecule has 2 aliphatic rings. The van der Waals surface area contributed by atoms with Gasteiger partial charge in [0.15, 0.2) is 0 Å². The molecule has 0 radical (unpaired) electrons. The maximum Gasteiger partial charge on any atom is 0.123 e. The molecule has 0 saturated heterocycles. The molecule has 2 fully saturated rings. The predicted molar refractivity (Wildman–Crippen MR) is 73.0 cm³/mol. The van der Waals surface area contributed by atoms with Crippen LogP contribution >= 0.6 is 0 Å². The first kappa shape index (κ1) is 12.2. The minimum Gasteiger partial charge on any atom is -0.207 e. The normalized spacial score (nSPS) is 34.8. The Morgan fingerprint density at radius 1 is 1.11 bits per heavy atom. The fourth-order valence-corrected chi connectivity index (χ4v) is 4.42. The second-order valence-electron chi connectivity index (χ2n) is 6.37. The maximum atomic E-state index is 13.3. The third kappa shape index (κ3) is 2.32. The van der Waals surface area contributed by atoms with Gasteiger partial charge in [-0.15, -0.1) is 0 Å². The van der Waals surface area contributed by atoms with Gasteiger partial charge in [0.1, 0.15) is 5.82 Å². The molecule has 1 heteroatoms. The van der Waals surface area contributed by atoms with E-state index in [1.54, 1.807) is 12.1 Å². The molecule has 3 rings (SSSR count). The summed E-state index contributed by atoms with van der Waals surface area (Å²) in [6, 6.07) is 7.27. The lowest BCUT2D eigenvalue weighted by Crippen LogP contribution is -2.00. The van der Waals surface area contributed by atoms with Crippen LogP contribution in [0.3, 0.4) is 0 Å². The predicted octanol–water partition coefficient (Wildman–Crippen LogP) is 5.15. The molecule has 0 aliphatic heterocycles. The van der Waals surface area contributed by atoms with Crippen LogP contribution in [-0.4, -0.2) is 0 Å². The summed E-state index contributed by atoms with van der Waals surface area (Å²) in [5.41, 5.74) is 1.23. The first-order valence-electron chi connectivity index (χ1n) is 7.51. The van der Waals surface area contributed by atoms with Crippen molar-refractivity contribution < 1.29 is 4.39 Å². The van der Waals surface area contributed by atoms with Crippen LogP contribution in [0.2, 0.25) is 0 Å². The van der Waals surface area contributed by atoms with Crippen molar-refractivity contribution in [1.82, 2.24) is 0 Å². The van der Waals surface area contributed by atoms with E-state index in [-0.39, 0.29) is 5.82 Å². The number of hydrogen-bond donors (Lipinski definition) is 0. The first-order chi connectivity index (χ1) is 8.76. The van der Waals surface area contributed by atoms with Gasteiger partial charge < -0.3 is 0 Å². The molecule has 2 saturated carbocycles. The standard InChI is InChI=1S/C17H23F/c1-2-4-12-7-14-9-16(10-15(14)8-12)13-5-3-6-17(18)11-13/h3,5-6,11-12,14-16H,2,4,7-10H2,1H3. The van der Waals surface area contributed by atoms with Crippen molar-refractivity contribution in [2.75, 3.05) is 0 Å². The van der Waals surface area contributed by atoms with Gasteiger partial charge in [0.05, 0.1) is 0 Å². The highest BCUT2D eigenvalue weighted by Crippen LogP contribution is 2.53. The average molecular weight is 246 g/mol. The summed E-state index contributed by atoms with van der Waals surface area (Å²) in [5.74, 6) is 3.38. The Labute approximate surface area is 110 Å². The average Bonchev–Trinajstić information content (AvgIpc) is 2.87. The summed E-state index contributed by atoms with van der Waals surface area (Å²) < 4.78 is 13.3. The summed E-state index contributed by atoms with van der Waals surface area (Å²) in [6.45, 7) is 2.30. The molecule has 0 aromatic heterocycles. The molecule has 0 heterocycles. The molecule has 2 aliphatic carbocycles. The van der Waals surface area contributed by atoms with Crippen LogP contribution in [0, 0.1) is 23.6 Å². The van der Waals surface area contributed by atoms with Gasteiger partial charge in [0, 0.05) is 0 Å². The van der Waals surface area contributed by atoms with Crippen molar-refractivity contribution >= 4 is 0 Å². The van der Waals surface area contributed by atoms with Gasteiger partial charge in [-0.05, 0) is 67.1 Å². The van der Waals surface area contributed by atoms with Crippen molar-refractivity contribution in [3.63, 3.8) is 0 Å². The minimum atomic E-state index is -0.0755.